The van der Waals surface area contributed by atoms with E-state index in [1.165, 1.54) is 11.3 Å². The van der Waals surface area contributed by atoms with Crippen molar-refractivity contribution >= 4 is 35.6 Å². The van der Waals surface area contributed by atoms with Gasteiger partial charge in [0.1, 0.15) is 0 Å². The zero-order valence-corrected chi connectivity index (χ0v) is 17.4. The fourth-order valence-corrected chi connectivity index (χ4v) is 2.49. The molecule has 0 fully saturated rings. The summed E-state index contributed by atoms with van der Waals surface area (Å²) in [7, 11) is 3.95. The van der Waals surface area contributed by atoms with Crippen molar-refractivity contribution in [1.29, 1.82) is 0 Å². The summed E-state index contributed by atoms with van der Waals surface area (Å²) in [6, 6.07) is 20.9. The molecule has 0 saturated carbocycles. The van der Waals surface area contributed by atoms with Gasteiger partial charge < -0.3 is 15.5 Å². The maximum atomic E-state index is 4.27. The molecule has 0 aliphatic carbocycles. The molecule has 0 spiro atoms. The fourth-order valence-electron chi connectivity index (χ4n) is 2.49. The van der Waals surface area contributed by atoms with Crippen molar-refractivity contribution in [2.45, 2.75) is 19.4 Å². The number of aliphatic imine (C=N–C) groups is 1. The summed E-state index contributed by atoms with van der Waals surface area (Å²) >= 11 is 0. The Morgan fingerprint density at radius 2 is 1.56 bits per heavy atom. The monoisotopic (exact) mass is 452 g/mol. The van der Waals surface area contributed by atoms with E-state index in [0.29, 0.717) is 0 Å². The largest absolute Gasteiger partial charge is 0.375 e. The number of hydrogen-bond donors (Lipinski definition) is 2. The van der Waals surface area contributed by atoms with Crippen LogP contribution in [0.4, 0.5) is 5.69 Å². The average Bonchev–Trinajstić information content (AvgIpc) is 2.65. The number of nitrogens with one attached hydrogen (secondary N) is 2. The van der Waals surface area contributed by atoms with Crippen molar-refractivity contribution in [3.05, 3.63) is 66.2 Å². The predicted molar refractivity (Wildman–Crippen MR) is 119 cm³/mol. The van der Waals surface area contributed by atoms with Crippen LogP contribution in [-0.4, -0.2) is 33.1 Å². The Morgan fingerprint density at radius 3 is 2.20 bits per heavy atom. The third-order valence-electron chi connectivity index (χ3n) is 3.94. The average molecular weight is 452 g/mol. The van der Waals surface area contributed by atoms with E-state index in [2.05, 4.69) is 82.2 Å². The second-order valence-electron chi connectivity index (χ2n) is 5.80. The number of benzene rings is 2. The number of halogens is 1. The number of para-hydroxylation sites is 1. The Kier molecular flexibility index (Phi) is 10.7. The second-order valence-corrected chi connectivity index (χ2v) is 5.80. The van der Waals surface area contributed by atoms with Crippen molar-refractivity contribution in [3.63, 3.8) is 0 Å². The molecule has 0 unspecified atom stereocenters. The van der Waals surface area contributed by atoms with Gasteiger partial charge in [-0.15, -0.1) is 24.0 Å². The zero-order chi connectivity index (χ0) is 17.0. The summed E-state index contributed by atoms with van der Waals surface area (Å²) in [5, 5.41) is 6.71. The van der Waals surface area contributed by atoms with Crippen LogP contribution in [0.15, 0.2) is 65.7 Å². The van der Waals surface area contributed by atoms with Crippen LogP contribution in [0.5, 0.6) is 0 Å². The van der Waals surface area contributed by atoms with E-state index in [-0.39, 0.29) is 24.0 Å². The molecular formula is C20H29IN4. The van der Waals surface area contributed by atoms with Gasteiger partial charge in [-0.3, -0.25) is 4.99 Å². The van der Waals surface area contributed by atoms with Gasteiger partial charge in [-0.1, -0.05) is 48.5 Å². The molecule has 2 N–H and O–H groups in total. The molecule has 0 radical (unpaired) electrons. The van der Waals surface area contributed by atoms with Crippen LogP contribution in [0.25, 0.3) is 0 Å². The van der Waals surface area contributed by atoms with Gasteiger partial charge in [0, 0.05) is 39.4 Å². The van der Waals surface area contributed by atoms with Gasteiger partial charge in [-0.25, -0.2) is 0 Å². The van der Waals surface area contributed by atoms with Gasteiger partial charge in [0.15, 0.2) is 5.96 Å². The Bertz CT molecular complexity index is 602. The Labute approximate surface area is 168 Å². The lowest BCUT2D eigenvalue weighted by Gasteiger charge is -2.19. The molecule has 0 aliphatic heterocycles. The molecule has 0 saturated heterocycles. The van der Waals surface area contributed by atoms with Crippen LogP contribution in [-0.2, 0) is 6.54 Å². The lowest BCUT2D eigenvalue weighted by Crippen LogP contribution is -2.37. The van der Waals surface area contributed by atoms with E-state index in [4.69, 9.17) is 0 Å². The highest BCUT2D eigenvalue weighted by Crippen LogP contribution is 2.11. The topological polar surface area (TPSA) is 39.7 Å². The van der Waals surface area contributed by atoms with Crippen molar-refractivity contribution in [1.82, 2.24) is 10.6 Å². The molecule has 0 amide bonds. The van der Waals surface area contributed by atoms with Gasteiger partial charge in [-0.05, 0) is 30.5 Å². The summed E-state index contributed by atoms with van der Waals surface area (Å²) in [6.07, 6.45) is 2.26. The summed E-state index contributed by atoms with van der Waals surface area (Å²) < 4.78 is 0. The summed E-state index contributed by atoms with van der Waals surface area (Å²) in [5.74, 6) is 0.857. The summed E-state index contributed by atoms with van der Waals surface area (Å²) in [4.78, 5) is 6.56. The third kappa shape index (κ3) is 8.25. The van der Waals surface area contributed by atoms with Crippen molar-refractivity contribution in [3.8, 4) is 0 Å². The molecule has 0 aliphatic rings. The first kappa shape index (κ1) is 21.3. The van der Waals surface area contributed by atoms with E-state index in [1.807, 2.05) is 13.1 Å². The molecule has 0 bridgehead atoms. The van der Waals surface area contributed by atoms with E-state index < -0.39 is 0 Å². The van der Waals surface area contributed by atoms with Crippen LogP contribution < -0.4 is 15.5 Å². The van der Waals surface area contributed by atoms with Gasteiger partial charge >= 0.3 is 0 Å². The summed E-state index contributed by atoms with van der Waals surface area (Å²) in [6.45, 7) is 2.77. The van der Waals surface area contributed by atoms with Crippen LogP contribution in [0.2, 0.25) is 0 Å². The fraction of sp³-hybridized carbons (Fsp3) is 0.350. The van der Waals surface area contributed by atoms with Gasteiger partial charge in [0.05, 0.1) is 0 Å². The van der Waals surface area contributed by atoms with E-state index in [9.17, 15) is 0 Å². The SMILES string of the molecule is CN=C(NCCCCN(C)c1ccccc1)NCc1ccccc1.I. The van der Waals surface area contributed by atoms with Crippen LogP contribution >= 0.6 is 24.0 Å². The number of rotatable bonds is 8. The number of hydrogen-bond acceptors (Lipinski definition) is 2. The Morgan fingerprint density at radius 1 is 0.920 bits per heavy atom. The van der Waals surface area contributed by atoms with Crippen molar-refractivity contribution in [2.75, 3.05) is 32.1 Å². The van der Waals surface area contributed by atoms with Gasteiger partial charge in [-0.2, -0.15) is 0 Å². The highest BCUT2D eigenvalue weighted by Gasteiger charge is 2.00. The van der Waals surface area contributed by atoms with Crippen LogP contribution in [0.1, 0.15) is 18.4 Å². The molecule has 5 heteroatoms. The minimum atomic E-state index is 0. The molecular weight excluding hydrogens is 423 g/mol. The molecule has 25 heavy (non-hydrogen) atoms. The van der Waals surface area contributed by atoms with Gasteiger partial charge in [0.25, 0.3) is 0 Å². The highest BCUT2D eigenvalue weighted by atomic mass is 127. The molecule has 0 atom stereocenters. The first-order chi connectivity index (χ1) is 11.8. The lowest BCUT2D eigenvalue weighted by molar-refractivity contribution is 0.686. The standard InChI is InChI=1S/C20H28N4.HI/c1-21-20(23-17-18-11-5-3-6-12-18)22-15-9-10-16-24(2)19-13-7-4-8-14-19;/h3-8,11-14H,9-10,15-17H2,1-2H3,(H2,21,22,23);1H. The maximum Gasteiger partial charge on any atom is 0.191 e. The minimum Gasteiger partial charge on any atom is -0.375 e. The van der Waals surface area contributed by atoms with E-state index in [1.54, 1.807) is 0 Å². The number of anilines is 1. The highest BCUT2D eigenvalue weighted by molar-refractivity contribution is 14.0. The molecule has 0 aromatic heterocycles. The van der Waals surface area contributed by atoms with E-state index >= 15 is 0 Å². The van der Waals surface area contributed by atoms with Crippen molar-refractivity contribution in [2.24, 2.45) is 4.99 Å². The second kappa shape index (κ2) is 12.6. The first-order valence-corrected chi connectivity index (χ1v) is 8.54. The molecule has 0 heterocycles. The maximum absolute atomic E-state index is 4.27. The zero-order valence-electron chi connectivity index (χ0n) is 15.1. The summed E-state index contributed by atoms with van der Waals surface area (Å²) in [5.41, 5.74) is 2.52. The first-order valence-electron chi connectivity index (χ1n) is 8.54. The Balaban J connectivity index is 0.00000312. The molecule has 2 rings (SSSR count). The van der Waals surface area contributed by atoms with Gasteiger partial charge in [0.2, 0.25) is 0 Å². The van der Waals surface area contributed by atoms with Crippen LogP contribution in [0, 0.1) is 0 Å². The number of guanidine groups is 1. The molecule has 136 valence electrons. The Hall–Kier alpha value is -1.76. The number of unbranched alkanes of at least 4 members (excludes halogenated alkanes) is 1. The molecule has 2 aromatic rings. The smallest absolute Gasteiger partial charge is 0.191 e. The third-order valence-corrected chi connectivity index (χ3v) is 3.94. The molecule has 2 aromatic carbocycles. The van der Waals surface area contributed by atoms with E-state index in [0.717, 1.165) is 38.4 Å². The van der Waals surface area contributed by atoms with Crippen molar-refractivity contribution < 1.29 is 0 Å². The minimum absolute atomic E-state index is 0. The molecule has 4 nitrogen and oxygen atoms in total. The number of nitrogens with zero attached hydrogens (tertiary/aromatic N) is 2. The quantitative estimate of drug-likeness (QED) is 0.276. The lowest BCUT2D eigenvalue weighted by atomic mass is 10.2. The van der Waals surface area contributed by atoms with Crippen LogP contribution in [0.3, 0.4) is 0 Å². The predicted octanol–water partition coefficient (Wildman–Crippen LogP) is 3.89. The normalized spacial score (nSPS) is 10.7.